The maximum atomic E-state index is 11.8. The molecule has 0 aromatic carbocycles. The topological polar surface area (TPSA) is 63.4 Å². The van der Waals surface area contributed by atoms with Crippen molar-refractivity contribution in [2.24, 2.45) is 11.7 Å². The Bertz CT molecular complexity index is 298. The highest BCUT2D eigenvalue weighted by Crippen LogP contribution is 2.33. The maximum Gasteiger partial charge on any atom is 0.214 e. The van der Waals surface area contributed by atoms with E-state index >= 15 is 0 Å². The average molecular weight is 218 g/mol. The molecule has 2 rings (SSSR count). The Kier molecular flexibility index (Phi) is 2.81. The third kappa shape index (κ3) is 2.46. The summed E-state index contributed by atoms with van der Waals surface area (Å²) in [6, 6.07) is 0.0469. The van der Waals surface area contributed by atoms with E-state index in [4.69, 9.17) is 5.73 Å². The molecule has 2 fully saturated rings. The van der Waals surface area contributed by atoms with E-state index in [0.717, 1.165) is 12.8 Å². The molecule has 0 aromatic heterocycles. The molecule has 4 nitrogen and oxygen atoms in total. The zero-order valence-electron chi connectivity index (χ0n) is 8.35. The van der Waals surface area contributed by atoms with Crippen molar-refractivity contribution in [1.82, 2.24) is 4.31 Å². The van der Waals surface area contributed by atoms with Gasteiger partial charge in [0.1, 0.15) is 0 Å². The van der Waals surface area contributed by atoms with Crippen molar-refractivity contribution in [3.63, 3.8) is 0 Å². The minimum Gasteiger partial charge on any atom is -0.326 e. The van der Waals surface area contributed by atoms with Crippen LogP contribution in [0.2, 0.25) is 0 Å². The molecule has 1 atom stereocenters. The number of hydrogen-bond donors (Lipinski definition) is 1. The van der Waals surface area contributed by atoms with Gasteiger partial charge < -0.3 is 5.73 Å². The Hall–Kier alpha value is -0.130. The molecule has 0 radical (unpaired) electrons. The van der Waals surface area contributed by atoms with Gasteiger partial charge in [0.2, 0.25) is 10.0 Å². The molecule has 1 heterocycles. The van der Waals surface area contributed by atoms with Crippen molar-refractivity contribution in [2.45, 2.75) is 31.7 Å². The molecule has 0 unspecified atom stereocenters. The first kappa shape index (κ1) is 10.4. The van der Waals surface area contributed by atoms with E-state index in [2.05, 4.69) is 0 Å². The minimum absolute atomic E-state index is 0.0469. The van der Waals surface area contributed by atoms with Gasteiger partial charge >= 0.3 is 0 Å². The van der Waals surface area contributed by atoms with Gasteiger partial charge in [-0.25, -0.2) is 12.7 Å². The van der Waals surface area contributed by atoms with Gasteiger partial charge in [0.05, 0.1) is 5.75 Å². The molecule has 1 saturated heterocycles. The second kappa shape index (κ2) is 3.79. The number of nitrogens with two attached hydrogens (primary N) is 1. The lowest BCUT2D eigenvalue weighted by atomic mass is 10.3. The van der Waals surface area contributed by atoms with Crippen LogP contribution in [0.3, 0.4) is 0 Å². The van der Waals surface area contributed by atoms with E-state index in [1.165, 1.54) is 12.8 Å². The second-order valence-electron chi connectivity index (χ2n) is 4.45. The summed E-state index contributed by atoms with van der Waals surface area (Å²) < 4.78 is 25.1. The molecule has 2 N–H and O–H groups in total. The standard InChI is InChI=1S/C9H18N2O2S/c10-9-3-5-11(7-9)14(12,13)6-4-8-1-2-8/h8-9H,1-7,10H2/t9-/m1/s1. The van der Waals surface area contributed by atoms with Crippen molar-refractivity contribution in [3.05, 3.63) is 0 Å². The van der Waals surface area contributed by atoms with Gasteiger partial charge in [0.15, 0.2) is 0 Å². The Morgan fingerprint density at radius 1 is 1.29 bits per heavy atom. The molecule has 1 aliphatic carbocycles. The van der Waals surface area contributed by atoms with Crippen LogP contribution in [0.5, 0.6) is 0 Å². The summed E-state index contributed by atoms with van der Waals surface area (Å²) >= 11 is 0. The van der Waals surface area contributed by atoms with Crippen LogP contribution in [0.15, 0.2) is 0 Å². The summed E-state index contributed by atoms with van der Waals surface area (Å²) in [6.07, 6.45) is 4.08. The van der Waals surface area contributed by atoms with Crippen molar-refractivity contribution >= 4 is 10.0 Å². The van der Waals surface area contributed by atoms with Gasteiger partial charge in [-0.1, -0.05) is 12.8 Å². The lowest BCUT2D eigenvalue weighted by Crippen LogP contribution is -2.33. The largest absolute Gasteiger partial charge is 0.326 e. The first-order chi connectivity index (χ1) is 6.58. The Balaban J connectivity index is 1.86. The second-order valence-corrected chi connectivity index (χ2v) is 6.54. The molecular weight excluding hydrogens is 200 g/mol. The zero-order valence-corrected chi connectivity index (χ0v) is 9.17. The SMILES string of the molecule is N[C@@H]1CCN(S(=O)(=O)CCC2CC2)C1. The molecular formula is C9H18N2O2S. The van der Waals surface area contributed by atoms with Gasteiger partial charge in [-0.05, 0) is 18.8 Å². The highest BCUT2D eigenvalue weighted by Gasteiger charge is 2.31. The van der Waals surface area contributed by atoms with Crippen LogP contribution in [0.1, 0.15) is 25.7 Å². The number of rotatable bonds is 4. The lowest BCUT2D eigenvalue weighted by molar-refractivity contribution is 0.469. The molecule has 14 heavy (non-hydrogen) atoms. The lowest BCUT2D eigenvalue weighted by Gasteiger charge is -2.15. The summed E-state index contributed by atoms with van der Waals surface area (Å²) in [5.41, 5.74) is 5.68. The monoisotopic (exact) mass is 218 g/mol. The van der Waals surface area contributed by atoms with Crippen molar-refractivity contribution in [2.75, 3.05) is 18.8 Å². The fraction of sp³-hybridized carbons (Fsp3) is 1.00. The van der Waals surface area contributed by atoms with Crippen molar-refractivity contribution < 1.29 is 8.42 Å². The van der Waals surface area contributed by atoms with E-state index in [1.54, 1.807) is 4.31 Å². The Labute approximate surface area is 85.5 Å². The summed E-state index contributed by atoms with van der Waals surface area (Å²) in [7, 11) is -2.99. The van der Waals surface area contributed by atoms with Gasteiger partial charge in [-0.15, -0.1) is 0 Å². The smallest absolute Gasteiger partial charge is 0.214 e. The average Bonchev–Trinajstić information content (AvgIpc) is 2.85. The van der Waals surface area contributed by atoms with Crippen LogP contribution in [0.4, 0.5) is 0 Å². The number of sulfonamides is 1. The highest BCUT2D eigenvalue weighted by atomic mass is 32.2. The van der Waals surface area contributed by atoms with E-state index in [9.17, 15) is 8.42 Å². The highest BCUT2D eigenvalue weighted by molar-refractivity contribution is 7.89. The minimum atomic E-state index is -2.99. The van der Waals surface area contributed by atoms with Crippen LogP contribution in [-0.4, -0.2) is 37.6 Å². The Morgan fingerprint density at radius 2 is 2.00 bits per heavy atom. The quantitative estimate of drug-likeness (QED) is 0.730. The van der Waals surface area contributed by atoms with E-state index in [0.29, 0.717) is 24.8 Å². The van der Waals surface area contributed by atoms with Crippen LogP contribution < -0.4 is 5.73 Å². The predicted molar refractivity (Wildman–Crippen MR) is 55.3 cm³/mol. The summed E-state index contributed by atoms with van der Waals surface area (Å²) in [6.45, 7) is 1.14. The number of hydrogen-bond acceptors (Lipinski definition) is 3. The first-order valence-corrected chi connectivity index (χ1v) is 6.92. The number of nitrogens with zero attached hydrogens (tertiary/aromatic N) is 1. The summed E-state index contributed by atoms with van der Waals surface area (Å²) in [5, 5.41) is 0. The van der Waals surface area contributed by atoms with Crippen LogP contribution in [-0.2, 0) is 10.0 Å². The van der Waals surface area contributed by atoms with Crippen molar-refractivity contribution in [3.8, 4) is 0 Å². The van der Waals surface area contributed by atoms with Gasteiger partial charge in [-0.3, -0.25) is 0 Å². The molecule has 0 spiro atoms. The molecule has 2 aliphatic rings. The molecule has 1 saturated carbocycles. The first-order valence-electron chi connectivity index (χ1n) is 5.31. The predicted octanol–water partition coefficient (Wildman–Crippen LogP) is 0.149. The third-order valence-corrected chi connectivity index (χ3v) is 4.93. The van der Waals surface area contributed by atoms with Gasteiger partial charge in [0, 0.05) is 19.1 Å². The molecule has 0 aromatic rings. The molecule has 82 valence electrons. The molecule has 0 amide bonds. The fourth-order valence-electron chi connectivity index (χ4n) is 1.86. The van der Waals surface area contributed by atoms with Crippen molar-refractivity contribution in [1.29, 1.82) is 0 Å². The van der Waals surface area contributed by atoms with Crippen LogP contribution in [0.25, 0.3) is 0 Å². The van der Waals surface area contributed by atoms with Gasteiger partial charge in [0.25, 0.3) is 0 Å². The van der Waals surface area contributed by atoms with Gasteiger partial charge in [-0.2, -0.15) is 0 Å². The fourth-order valence-corrected chi connectivity index (χ4v) is 3.55. The molecule has 0 bridgehead atoms. The van der Waals surface area contributed by atoms with E-state index in [-0.39, 0.29) is 6.04 Å². The molecule has 5 heteroatoms. The van der Waals surface area contributed by atoms with Crippen LogP contribution >= 0.6 is 0 Å². The Morgan fingerprint density at radius 3 is 2.50 bits per heavy atom. The normalized spacial score (nSPS) is 29.6. The van der Waals surface area contributed by atoms with E-state index < -0.39 is 10.0 Å². The van der Waals surface area contributed by atoms with Crippen LogP contribution in [0, 0.1) is 5.92 Å². The zero-order chi connectivity index (χ0) is 10.2. The van der Waals surface area contributed by atoms with E-state index in [1.807, 2.05) is 0 Å². The molecule has 1 aliphatic heterocycles. The third-order valence-electron chi connectivity index (χ3n) is 3.06. The summed E-state index contributed by atoms with van der Waals surface area (Å²) in [5.74, 6) is 1.01. The summed E-state index contributed by atoms with van der Waals surface area (Å²) in [4.78, 5) is 0. The maximum absolute atomic E-state index is 11.8.